The van der Waals surface area contributed by atoms with Crippen LogP contribution in [-0.4, -0.2) is 44.0 Å². The van der Waals surface area contributed by atoms with Crippen LogP contribution in [0.2, 0.25) is 0 Å². The summed E-state index contributed by atoms with van der Waals surface area (Å²) in [6.45, 7) is 2.93. The van der Waals surface area contributed by atoms with Gasteiger partial charge < -0.3 is 14.6 Å². The molecule has 0 bridgehead atoms. The van der Waals surface area contributed by atoms with E-state index in [4.69, 9.17) is 4.42 Å². The number of furan rings is 1. The highest BCUT2D eigenvalue weighted by atomic mass is 16.3. The molecule has 0 atom stereocenters. The number of amides is 1. The van der Waals surface area contributed by atoms with Crippen LogP contribution in [0.5, 0.6) is 0 Å². The van der Waals surface area contributed by atoms with Crippen LogP contribution in [0.25, 0.3) is 11.0 Å². The zero-order valence-corrected chi connectivity index (χ0v) is 16.5. The van der Waals surface area contributed by atoms with Crippen molar-refractivity contribution in [3.8, 4) is 0 Å². The van der Waals surface area contributed by atoms with E-state index >= 15 is 0 Å². The fourth-order valence-corrected chi connectivity index (χ4v) is 3.74. The average Bonchev–Trinajstić information content (AvgIpc) is 3.14. The molecular weight excluding hydrogens is 350 g/mol. The number of likely N-dealkylation sites (tertiary alicyclic amines) is 1. The molecule has 5 heteroatoms. The van der Waals surface area contributed by atoms with Crippen molar-refractivity contribution in [2.75, 3.05) is 32.1 Å². The minimum absolute atomic E-state index is 0.117. The van der Waals surface area contributed by atoms with Gasteiger partial charge in [-0.1, -0.05) is 30.3 Å². The lowest BCUT2D eigenvalue weighted by molar-refractivity contribution is 0.0883. The number of anilines is 1. The van der Waals surface area contributed by atoms with E-state index in [0.717, 1.165) is 43.4 Å². The molecule has 3 aromatic rings. The van der Waals surface area contributed by atoms with Gasteiger partial charge in [0.2, 0.25) is 0 Å². The summed E-state index contributed by atoms with van der Waals surface area (Å²) in [5, 5.41) is 4.10. The molecule has 1 aromatic heterocycles. The fraction of sp³-hybridized carbons (Fsp3) is 0.348. The van der Waals surface area contributed by atoms with Gasteiger partial charge in [0.1, 0.15) is 5.58 Å². The highest BCUT2D eigenvalue weighted by Crippen LogP contribution is 2.20. The Balaban J connectivity index is 1.28. The van der Waals surface area contributed by atoms with E-state index in [1.165, 1.54) is 11.3 Å². The molecule has 1 fully saturated rings. The third-order valence-corrected chi connectivity index (χ3v) is 5.43. The first-order chi connectivity index (χ1) is 13.6. The number of hydrogen-bond acceptors (Lipinski definition) is 4. The smallest absolute Gasteiger partial charge is 0.287 e. The number of nitrogens with zero attached hydrogens (tertiary/aromatic N) is 2. The molecule has 0 saturated carbocycles. The molecule has 2 heterocycles. The Morgan fingerprint density at radius 2 is 1.82 bits per heavy atom. The molecule has 1 aliphatic rings. The van der Waals surface area contributed by atoms with E-state index in [0.29, 0.717) is 5.76 Å². The highest BCUT2D eigenvalue weighted by molar-refractivity contribution is 5.96. The summed E-state index contributed by atoms with van der Waals surface area (Å²) in [5.74, 6) is 0.276. The molecule has 5 nitrogen and oxygen atoms in total. The summed E-state index contributed by atoms with van der Waals surface area (Å²) in [7, 11) is 4.11. The summed E-state index contributed by atoms with van der Waals surface area (Å²) in [6.07, 6.45) is 1.92. The van der Waals surface area contributed by atoms with E-state index < -0.39 is 0 Å². The Morgan fingerprint density at radius 3 is 2.50 bits per heavy atom. The maximum atomic E-state index is 12.5. The monoisotopic (exact) mass is 377 g/mol. The number of piperidine rings is 1. The fourth-order valence-electron chi connectivity index (χ4n) is 3.74. The Morgan fingerprint density at radius 1 is 1.11 bits per heavy atom. The topological polar surface area (TPSA) is 48.7 Å². The molecule has 0 aliphatic carbocycles. The van der Waals surface area contributed by atoms with E-state index in [2.05, 4.69) is 53.5 Å². The number of fused-ring (bicyclic) bond motifs is 1. The number of hydrogen-bond donors (Lipinski definition) is 1. The number of carbonyl (C=O) groups is 1. The van der Waals surface area contributed by atoms with Gasteiger partial charge in [0.25, 0.3) is 5.91 Å². The third-order valence-electron chi connectivity index (χ3n) is 5.43. The third kappa shape index (κ3) is 4.20. The largest absolute Gasteiger partial charge is 0.451 e. The summed E-state index contributed by atoms with van der Waals surface area (Å²) < 4.78 is 5.67. The lowest BCUT2D eigenvalue weighted by atomic mass is 10.0. The zero-order valence-electron chi connectivity index (χ0n) is 16.5. The van der Waals surface area contributed by atoms with Gasteiger partial charge in [0, 0.05) is 50.8 Å². The van der Waals surface area contributed by atoms with Crippen molar-refractivity contribution in [3.63, 3.8) is 0 Å². The molecule has 0 unspecified atom stereocenters. The first kappa shape index (κ1) is 18.6. The highest BCUT2D eigenvalue weighted by Gasteiger charge is 2.22. The van der Waals surface area contributed by atoms with Crippen molar-refractivity contribution >= 4 is 22.6 Å². The molecule has 1 N–H and O–H groups in total. The molecular formula is C23H27N3O2. The van der Waals surface area contributed by atoms with Crippen molar-refractivity contribution in [2.45, 2.75) is 25.4 Å². The van der Waals surface area contributed by atoms with E-state index in [1.807, 2.05) is 30.3 Å². The predicted octanol–water partition coefficient (Wildman–Crippen LogP) is 3.89. The summed E-state index contributed by atoms with van der Waals surface area (Å²) >= 11 is 0. The van der Waals surface area contributed by atoms with Gasteiger partial charge in [-0.2, -0.15) is 0 Å². The normalized spacial score (nSPS) is 15.6. The van der Waals surface area contributed by atoms with Crippen molar-refractivity contribution < 1.29 is 9.21 Å². The molecule has 0 radical (unpaired) electrons. The van der Waals surface area contributed by atoms with Gasteiger partial charge in [-0.3, -0.25) is 9.69 Å². The molecule has 0 spiro atoms. The van der Waals surface area contributed by atoms with Gasteiger partial charge in [0.15, 0.2) is 5.76 Å². The minimum Gasteiger partial charge on any atom is -0.451 e. The van der Waals surface area contributed by atoms with Gasteiger partial charge in [-0.15, -0.1) is 0 Å². The van der Waals surface area contributed by atoms with Crippen molar-refractivity contribution in [1.29, 1.82) is 0 Å². The number of carbonyl (C=O) groups excluding carboxylic acids is 1. The Kier molecular flexibility index (Phi) is 5.35. The predicted molar refractivity (Wildman–Crippen MR) is 113 cm³/mol. The van der Waals surface area contributed by atoms with Gasteiger partial charge in [-0.05, 0) is 42.7 Å². The minimum atomic E-state index is -0.117. The second kappa shape index (κ2) is 8.07. The number of rotatable bonds is 5. The van der Waals surface area contributed by atoms with Crippen LogP contribution in [-0.2, 0) is 6.54 Å². The second-order valence-electron chi connectivity index (χ2n) is 7.73. The summed E-state index contributed by atoms with van der Waals surface area (Å²) in [5.41, 5.74) is 3.30. The first-order valence-electron chi connectivity index (χ1n) is 9.86. The maximum Gasteiger partial charge on any atom is 0.287 e. The van der Waals surface area contributed by atoms with E-state index in [9.17, 15) is 4.79 Å². The van der Waals surface area contributed by atoms with Gasteiger partial charge >= 0.3 is 0 Å². The van der Waals surface area contributed by atoms with Crippen LogP contribution in [0.15, 0.2) is 59.0 Å². The van der Waals surface area contributed by atoms with Crippen molar-refractivity contribution in [1.82, 2.24) is 10.2 Å². The second-order valence-corrected chi connectivity index (χ2v) is 7.73. The van der Waals surface area contributed by atoms with Crippen molar-refractivity contribution in [3.05, 3.63) is 65.9 Å². The van der Waals surface area contributed by atoms with Crippen molar-refractivity contribution in [2.24, 2.45) is 0 Å². The van der Waals surface area contributed by atoms with E-state index in [1.54, 1.807) is 0 Å². The number of benzene rings is 2. The quantitative estimate of drug-likeness (QED) is 0.733. The molecule has 2 aromatic carbocycles. The van der Waals surface area contributed by atoms with Crippen LogP contribution in [0.3, 0.4) is 0 Å². The van der Waals surface area contributed by atoms with Crippen LogP contribution in [0.4, 0.5) is 5.69 Å². The van der Waals surface area contributed by atoms with Crippen LogP contribution < -0.4 is 10.2 Å². The average molecular weight is 377 g/mol. The van der Waals surface area contributed by atoms with E-state index in [-0.39, 0.29) is 11.9 Å². The van der Waals surface area contributed by atoms with Gasteiger partial charge in [-0.25, -0.2) is 0 Å². The molecule has 1 saturated heterocycles. The summed E-state index contributed by atoms with van der Waals surface area (Å²) in [6, 6.07) is 18.4. The molecule has 4 rings (SSSR count). The van der Waals surface area contributed by atoms with Crippen LogP contribution in [0.1, 0.15) is 29.0 Å². The van der Waals surface area contributed by atoms with Crippen LogP contribution in [0, 0.1) is 0 Å². The molecule has 1 amide bonds. The lowest BCUT2D eigenvalue weighted by Crippen LogP contribution is -2.44. The first-order valence-corrected chi connectivity index (χ1v) is 9.86. The standard InChI is InChI=1S/C23H27N3O2/c1-25(2)20-9-7-17(8-10-20)16-26-13-11-19(12-14-26)24-23(27)22-15-18-5-3-4-6-21(18)28-22/h3-10,15,19H,11-14,16H2,1-2H3,(H,24,27). The Labute approximate surface area is 165 Å². The zero-order chi connectivity index (χ0) is 19.5. The number of nitrogens with one attached hydrogen (secondary N) is 1. The lowest BCUT2D eigenvalue weighted by Gasteiger charge is -2.32. The molecule has 146 valence electrons. The Hall–Kier alpha value is -2.79. The summed E-state index contributed by atoms with van der Waals surface area (Å²) in [4.78, 5) is 17.1. The Bertz CT molecular complexity index is 905. The maximum absolute atomic E-state index is 12.5. The number of para-hydroxylation sites is 1. The van der Waals surface area contributed by atoms with Gasteiger partial charge in [0.05, 0.1) is 0 Å². The SMILES string of the molecule is CN(C)c1ccc(CN2CCC(NC(=O)c3cc4ccccc4o3)CC2)cc1. The molecule has 28 heavy (non-hydrogen) atoms. The molecule has 1 aliphatic heterocycles. The van der Waals surface area contributed by atoms with Crippen LogP contribution >= 0.6 is 0 Å².